The lowest BCUT2D eigenvalue weighted by molar-refractivity contribution is 0.0525. The fourth-order valence-electron chi connectivity index (χ4n) is 3.48. The van der Waals surface area contributed by atoms with E-state index in [4.69, 9.17) is 14.2 Å². The number of anilines is 1. The molecular formula is C21H26N2O5. The maximum absolute atomic E-state index is 12.9. The number of H-pyrrole nitrogens is 1. The summed E-state index contributed by atoms with van der Waals surface area (Å²) in [5, 5.41) is 2.88. The SMILES string of the molecule is CCOC(=O)c1c(C)[nH]c(C(=O)Nc2cc3c(cc2OCC)CC(C)O3)c1C. The van der Waals surface area contributed by atoms with Gasteiger partial charge in [0.05, 0.1) is 24.5 Å². The molecule has 1 atom stereocenters. The number of amides is 1. The van der Waals surface area contributed by atoms with Crippen LogP contribution in [0.1, 0.15) is 58.4 Å². The summed E-state index contributed by atoms with van der Waals surface area (Å²) in [7, 11) is 0. The number of aryl methyl sites for hydroxylation is 1. The van der Waals surface area contributed by atoms with Crippen molar-refractivity contribution in [1.29, 1.82) is 0 Å². The molecule has 7 nitrogen and oxygen atoms in total. The smallest absolute Gasteiger partial charge is 0.340 e. The minimum Gasteiger partial charge on any atom is -0.492 e. The van der Waals surface area contributed by atoms with Crippen LogP contribution in [0.5, 0.6) is 11.5 Å². The second kappa shape index (κ2) is 7.96. The summed E-state index contributed by atoms with van der Waals surface area (Å²) in [6.07, 6.45) is 0.900. The molecule has 1 aliphatic heterocycles. The number of ether oxygens (including phenoxy) is 3. The lowest BCUT2D eigenvalue weighted by atomic mass is 10.1. The molecular weight excluding hydrogens is 360 g/mol. The second-order valence-electron chi connectivity index (χ2n) is 6.82. The van der Waals surface area contributed by atoms with Gasteiger partial charge in [-0.05, 0) is 46.2 Å². The number of rotatable bonds is 6. The zero-order valence-electron chi connectivity index (χ0n) is 16.9. The van der Waals surface area contributed by atoms with Gasteiger partial charge in [0.1, 0.15) is 23.3 Å². The monoisotopic (exact) mass is 386 g/mol. The number of esters is 1. The Morgan fingerprint density at radius 1 is 1.25 bits per heavy atom. The van der Waals surface area contributed by atoms with Gasteiger partial charge < -0.3 is 24.5 Å². The van der Waals surface area contributed by atoms with Crippen LogP contribution in [0, 0.1) is 13.8 Å². The molecule has 0 radical (unpaired) electrons. The molecule has 0 saturated heterocycles. The van der Waals surface area contributed by atoms with Gasteiger partial charge in [-0.15, -0.1) is 0 Å². The Kier molecular flexibility index (Phi) is 5.63. The van der Waals surface area contributed by atoms with E-state index in [1.165, 1.54) is 0 Å². The van der Waals surface area contributed by atoms with Crippen molar-refractivity contribution in [3.63, 3.8) is 0 Å². The first kappa shape index (κ1) is 19.8. The average Bonchev–Trinajstić information content (AvgIpc) is 3.13. The van der Waals surface area contributed by atoms with Gasteiger partial charge in [-0.3, -0.25) is 4.79 Å². The highest BCUT2D eigenvalue weighted by Gasteiger charge is 2.26. The summed E-state index contributed by atoms with van der Waals surface area (Å²) in [5.41, 5.74) is 3.45. The lowest BCUT2D eigenvalue weighted by Gasteiger charge is -2.13. The van der Waals surface area contributed by atoms with E-state index >= 15 is 0 Å². The van der Waals surface area contributed by atoms with Crippen LogP contribution in [0.2, 0.25) is 0 Å². The van der Waals surface area contributed by atoms with Crippen molar-refractivity contribution in [2.75, 3.05) is 18.5 Å². The van der Waals surface area contributed by atoms with Crippen molar-refractivity contribution in [2.45, 2.75) is 47.1 Å². The Hall–Kier alpha value is -2.96. The second-order valence-corrected chi connectivity index (χ2v) is 6.82. The number of nitrogens with one attached hydrogen (secondary N) is 2. The Labute approximate surface area is 164 Å². The average molecular weight is 386 g/mol. The molecule has 1 amide bonds. The van der Waals surface area contributed by atoms with E-state index in [1.54, 1.807) is 26.8 Å². The molecule has 1 aromatic carbocycles. The normalized spacial score (nSPS) is 15.0. The Bertz CT molecular complexity index is 916. The highest BCUT2D eigenvalue weighted by molar-refractivity contribution is 6.07. The first-order chi connectivity index (χ1) is 13.3. The molecule has 2 heterocycles. The van der Waals surface area contributed by atoms with Crippen molar-refractivity contribution >= 4 is 17.6 Å². The maximum Gasteiger partial charge on any atom is 0.340 e. The third-order valence-electron chi connectivity index (χ3n) is 4.69. The molecule has 7 heteroatoms. The number of fused-ring (bicyclic) bond motifs is 1. The molecule has 1 aliphatic rings. The van der Waals surface area contributed by atoms with Gasteiger partial charge in [0.2, 0.25) is 0 Å². The summed E-state index contributed by atoms with van der Waals surface area (Å²) in [5.74, 6) is 0.544. The van der Waals surface area contributed by atoms with Crippen molar-refractivity contribution < 1.29 is 23.8 Å². The van der Waals surface area contributed by atoms with E-state index in [1.807, 2.05) is 19.9 Å². The predicted octanol–water partition coefficient (Wildman–Crippen LogP) is 3.78. The number of benzene rings is 1. The van der Waals surface area contributed by atoms with Gasteiger partial charge in [-0.25, -0.2) is 4.79 Å². The fraction of sp³-hybridized carbons (Fsp3) is 0.429. The number of aromatic nitrogens is 1. The third-order valence-corrected chi connectivity index (χ3v) is 4.69. The molecule has 1 aromatic heterocycles. The van der Waals surface area contributed by atoms with Crippen LogP contribution >= 0.6 is 0 Å². The Morgan fingerprint density at radius 3 is 2.68 bits per heavy atom. The van der Waals surface area contributed by atoms with Crippen molar-refractivity contribution in [3.05, 3.63) is 40.2 Å². The van der Waals surface area contributed by atoms with Crippen LogP contribution in [0.15, 0.2) is 12.1 Å². The van der Waals surface area contributed by atoms with Crippen LogP contribution in [0.3, 0.4) is 0 Å². The molecule has 0 bridgehead atoms. The van der Waals surface area contributed by atoms with Crippen molar-refractivity contribution in [3.8, 4) is 11.5 Å². The largest absolute Gasteiger partial charge is 0.492 e. The summed E-state index contributed by atoms with van der Waals surface area (Å²) in [4.78, 5) is 28.1. The van der Waals surface area contributed by atoms with Gasteiger partial charge in [0.25, 0.3) is 5.91 Å². The first-order valence-corrected chi connectivity index (χ1v) is 9.49. The van der Waals surface area contributed by atoms with Crippen LogP contribution in [-0.4, -0.2) is 36.2 Å². The van der Waals surface area contributed by atoms with E-state index in [9.17, 15) is 9.59 Å². The molecule has 2 aromatic rings. The fourth-order valence-corrected chi connectivity index (χ4v) is 3.48. The van der Waals surface area contributed by atoms with Gasteiger partial charge in [0.15, 0.2) is 0 Å². The molecule has 28 heavy (non-hydrogen) atoms. The van der Waals surface area contributed by atoms with E-state index < -0.39 is 5.97 Å². The Balaban J connectivity index is 1.91. The summed E-state index contributed by atoms with van der Waals surface area (Å²) >= 11 is 0. The van der Waals surface area contributed by atoms with Crippen LogP contribution in [0.25, 0.3) is 0 Å². The van der Waals surface area contributed by atoms with Crippen molar-refractivity contribution in [2.24, 2.45) is 0 Å². The van der Waals surface area contributed by atoms with E-state index in [0.717, 1.165) is 17.7 Å². The van der Waals surface area contributed by atoms with E-state index in [2.05, 4.69) is 10.3 Å². The highest BCUT2D eigenvalue weighted by atomic mass is 16.5. The number of carbonyl (C=O) groups is 2. The third kappa shape index (κ3) is 3.69. The molecule has 0 spiro atoms. The maximum atomic E-state index is 12.9. The topological polar surface area (TPSA) is 89.7 Å². The van der Waals surface area contributed by atoms with Crippen LogP contribution < -0.4 is 14.8 Å². The zero-order chi connectivity index (χ0) is 20.4. The Morgan fingerprint density at radius 2 is 2.00 bits per heavy atom. The number of aromatic amines is 1. The quantitative estimate of drug-likeness (QED) is 0.738. The molecule has 0 fully saturated rings. The summed E-state index contributed by atoms with van der Waals surface area (Å²) in [6, 6.07) is 3.70. The van der Waals surface area contributed by atoms with Gasteiger partial charge in [0, 0.05) is 23.7 Å². The minimum absolute atomic E-state index is 0.0934. The van der Waals surface area contributed by atoms with E-state index in [-0.39, 0.29) is 18.6 Å². The number of hydrogen-bond donors (Lipinski definition) is 2. The van der Waals surface area contributed by atoms with E-state index in [0.29, 0.717) is 40.6 Å². The number of carbonyl (C=O) groups excluding carboxylic acids is 2. The minimum atomic E-state index is -0.442. The zero-order valence-corrected chi connectivity index (χ0v) is 16.9. The predicted molar refractivity (Wildman–Crippen MR) is 106 cm³/mol. The van der Waals surface area contributed by atoms with Gasteiger partial charge in [-0.2, -0.15) is 0 Å². The van der Waals surface area contributed by atoms with Crippen molar-refractivity contribution in [1.82, 2.24) is 4.98 Å². The first-order valence-electron chi connectivity index (χ1n) is 9.49. The summed E-state index contributed by atoms with van der Waals surface area (Å²) < 4.78 is 16.6. The molecule has 0 aliphatic carbocycles. The molecule has 3 rings (SSSR count). The van der Waals surface area contributed by atoms with Gasteiger partial charge >= 0.3 is 5.97 Å². The number of hydrogen-bond acceptors (Lipinski definition) is 5. The molecule has 1 unspecified atom stereocenters. The van der Waals surface area contributed by atoms with Crippen LogP contribution in [-0.2, 0) is 11.2 Å². The lowest BCUT2D eigenvalue weighted by Crippen LogP contribution is -2.15. The molecule has 150 valence electrons. The standard InChI is InChI=1S/C21H26N2O5/c1-6-26-17-9-14-8-11(3)28-16(14)10-15(17)23-20(24)19-12(4)18(13(5)22-19)21(25)27-7-2/h9-11,22H,6-8H2,1-5H3,(H,23,24). The highest BCUT2D eigenvalue weighted by Crippen LogP contribution is 2.38. The van der Waals surface area contributed by atoms with Crippen LogP contribution in [0.4, 0.5) is 5.69 Å². The molecule has 2 N–H and O–H groups in total. The van der Waals surface area contributed by atoms with Gasteiger partial charge in [-0.1, -0.05) is 0 Å². The molecule has 0 saturated carbocycles. The summed E-state index contributed by atoms with van der Waals surface area (Å²) in [6.45, 7) is 9.85.